The summed E-state index contributed by atoms with van der Waals surface area (Å²) in [6.45, 7) is 1.91. The molecule has 0 bridgehead atoms. The number of rotatable bonds is 1. The number of carbonyl (C=O) groups is 1. The molecule has 3 aliphatic rings. The molecule has 5 heterocycles. The van der Waals surface area contributed by atoms with E-state index in [9.17, 15) is 14.7 Å². The van der Waals surface area contributed by atoms with Crippen molar-refractivity contribution in [3.63, 3.8) is 0 Å². The van der Waals surface area contributed by atoms with Crippen molar-refractivity contribution in [1.29, 1.82) is 0 Å². The van der Waals surface area contributed by atoms with E-state index in [0.29, 0.717) is 46.1 Å². The van der Waals surface area contributed by atoms with Crippen LogP contribution in [0.1, 0.15) is 30.0 Å². The molecule has 3 aliphatic heterocycles. The molecule has 29 heavy (non-hydrogen) atoms. The van der Waals surface area contributed by atoms with E-state index >= 15 is 0 Å². The Labute approximate surface area is 164 Å². The van der Waals surface area contributed by atoms with Gasteiger partial charge in [-0.2, -0.15) is 0 Å². The van der Waals surface area contributed by atoms with Crippen LogP contribution in [0, 0.1) is 0 Å². The van der Waals surface area contributed by atoms with Crippen LogP contribution in [0.15, 0.2) is 29.1 Å². The van der Waals surface area contributed by atoms with E-state index < -0.39 is 11.6 Å². The highest BCUT2D eigenvalue weighted by Crippen LogP contribution is 2.46. The number of hydrogen-bond acceptors (Lipinski definition) is 7. The fraction of sp³-hybridized carbons (Fsp3) is 0.286. The largest absolute Gasteiger partial charge is 0.458 e. The van der Waals surface area contributed by atoms with Gasteiger partial charge in [0.2, 0.25) is 6.79 Å². The molecule has 0 fully saturated rings. The van der Waals surface area contributed by atoms with E-state index in [0.717, 1.165) is 10.9 Å². The number of fused-ring (bicyclic) bond motifs is 5. The number of ether oxygens (including phenoxy) is 3. The summed E-state index contributed by atoms with van der Waals surface area (Å²) in [7, 11) is 0. The van der Waals surface area contributed by atoms with Gasteiger partial charge in [0.1, 0.15) is 18.1 Å². The molecule has 8 nitrogen and oxygen atoms in total. The number of esters is 1. The van der Waals surface area contributed by atoms with Crippen LogP contribution in [0.4, 0.5) is 0 Å². The Kier molecular flexibility index (Phi) is 3.06. The summed E-state index contributed by atoms with van der Waals surface area (Å²) in [6, 6.07) is 7.27. The Balaban J connectivity index is 1.68. The first-order valence-corrected chi connectivity index (χ1v) is 9.41. The number of aromatic nitrogens is 2. The highest BCUT2D eigenvalue weighted by Gasteiger charge is 2.45. The van der Waals surface area contributed by atoms with Crippen molar-refractivity contribution in [3.05, 3.63) is 51.3 Å². The topological polar surface area (TPSA) is 99.9 Å². The Morgan fingerprint density at radius 1 is 1.21 bits per heavy atom. The fourth-order valence-electron chi connectivity index (χ4n) is 4.49. The summed E-state index contributed by atoms with van der Waals surface area (Å²) in [5.74, 6) is 0.619. The molecule has 0 saturated heterocycles. The zero-order chi connectivity index (χ0) is 19.9. The van der Waals surface area contributed by atoms with Crippen LogP contribution in [0.2, 0.25) is 0 Å². The van der Waals surface area contributed by atoms with Crippen LogP contribution in [-0.4, -0.2) is 27.4 Å². The van der Waals surface area contributed by atoms with Crippen LogP contribution in [0.3, 0.4) is 0 Å². The number of hydrogen-bond donors (Lipinski definition) is 1. The summed E-state index contributed by atoms with van der Waals surface area (Å²) in [5.41, 5.74) is 1.13. The van der Waals surface area contributed by atoms with Crippen LogP contribution in [-0.2, 0) is 28.3 Å². The van der Waals surface area contributed by atoms with Gasteiger partial charge in [-0.15, -0.1) is 0 Å². The molecule has 0 saturated carbocycles. The smallest absolute Gasteiger partial charge is 0.343 e. The second kappa shape index (κ2) is 5.36. The predicted octanol–water partition coefficient (Wildman–Crippen LogP) is 1.81. The van der Waals surface area contributed by atoms with Crippen molar-refractivity contribution >= 4 is 16.9 Å². The molecule has 0 unspecified atom stereocenters. The fourth-order valence-corrected chi connectivity index (χ4v) is 4.49. The SMILES string of the molecule is CC[C@@]1(O)C(=O)OCc2c1cc1n(c2=O)Cc2c-1nc1cccc3c1c2OCO3. The summed E-state index contributed by atoms with van der Waals surface area (Å²) in [4.78, 5) is 30.2. The molecule has 0 radical (unpaired) electrons. The minimum absolute atomic E-state index is 0.0856. The first kappa shape index (κ1) is 16.6. The quantitative estimate of drug-likeness (QED) is 0.493. The molecule has 146 valence electrons. The second-order valence-corrected chi connectivity index (χ2v) is 7.43. The van der Waals surface area contributed by atoms with E-state index in [1.165, 1.54) is 0 Å². The minimum Gasteiger partial charge on any atom is -0.458 e. The van der Waals surface area contributed by atoms with E-state index in [-0.39, 0.29) is 25.4 Å². The van der Waals surface area contributed by atoms with Crippen molar-refractivity contribution < 1.29 is 24.1 Å². The monoisotopic (exact) mass is 392 g/mol. The first-order valence-electron chi connectivity index (χ1n) is 9.41. The zero-order valence-electron chi connectivity index (χ0n) is 15.5. The van der Waals surface area contributed by atoms with Gasteiger partial charge in [0.25, 0.3) is 5.56 Å². The summed E-state index contributed by atoms with van der Waals surface area (Å²) >= 11 is 0. The van der Waals surface area contributed by atoms with Gasteiger partial charge in [-0.3, -0.25) is 4.79 Å². The first-order chi connectivity index (χ1) is 14.0. The second-order valence-electron chi connectivity index (χ2n) is 7.43. The third-order valence-corrected chi connectivity index (χ3v) is 6.04. The van der Waals surface area contributed by atoms with E-state index in [2.05, 4.69) is 0 Å². The van der Waals surface area contributed by atoms with E-state index in [1.807, 2.05) is 18.2 Å². The molecule has 8 heteroatoms. The van der Waals surface area contributed by atoms with Gasteiger partial charge < -0.3 is 23.9 Å². The number of aliphatic hydroxyl groups is 1. The molecule has 0 amide bonds. The molecule has 3 aromatic rings. The number of benzene rings is 1. The average molecular weight is 392 g/mol. The molecule has 1 atom stereocenters. The van der Waals surface area contributed by atoms with E-state index in [4.69, 9.17) is 19.2 Å². The summed E-state index contributed by atoms with van der Waals surface area (Å²) < 4.78 is 18.1. The molecule has 1 N–H and O–H groups in total. The van der Waals surface area contributed by atoms with Gasteiger partial charge in [0.15, 0.2) is 5.60 Å². The molecule has 0 spiro atoms. The van der Waals surface area contributed by atoms with Gasteiger partial charge in [-0.05, 0) is 24.6 Å². The minimum atomic E-state index is -1.84. The number of nitrogens with zero attached hydrogens (tertiary/aromatic N) is 2. The zero-order valence-corrected chi connectivity index (χ0v) is 15.5. The Hall–Kier alpha value is -3.39. The Morgan fingerprint density at radius 2 is 2.07 bits per heavy atom. The van der Waals surface area contributed by atoms with Gasteiger partial charge in [0.05, 0.1) is 34.4 Å². The van der Waals surface area contributed by atoms with Gasteiger partial charge in [-0.1, -0.05) is 13.0 Å². The lowest BCUT2D eigenvalue weighted by atomic mass is 9.86. The number of cyclic esters (lactones) is 1. The molecular weight excluding hydrogens is 376 g/mol. The number of carbonyl (C=O) groups excluding carboxylic acids is 1. The molecule has 6 rings (SSSR count). The summed E-state index contributed by atoms with van der Waals surface area (Å²) in [6.07, 6.45) is 0.106. The normalized spacial score (nSPS) is 21.0. The van der Waals surface area contributed by atoms with E-state index in [1.54, 1.807) is 17.6 Å². The van der Waals surface area contributed by atoms with Crippen molar-refractivity contribution in [1.82, 2.24) is 9.55 Å². The van der Waals surface area contributed by atoms with Crippen LogP contribution >= 0.6 is 0 Å². The van der Waals surface area contributed by atoms with Gasteiger partial charge in [-0.25, -0.2) is 9.78 Å². The van der Waals surface area contributed by atoms with Crippen molar-refractivity contribution in [2.24, 2.45) is 0 Å². The van der Waals surface area contributed by atoms with Crippen LogP contribution < -0.4 is 15.0 Å². The lowest BCUT2D eigenvalue weighted by Crippen LogP contribution is -2.44. The molecular formula is C21H16N2O6. The van der Waals surface area contributed by atoms with Gasteiger partial charge >= 0.3 is 5.97 Å². The standard InChI is InChI=1S/C21H16N2O6/c1-2-21(26)12-6-14-17-10(7-23(14)19(24)11(12)8-27-20(21)25)18-16-13(22-17)4-3-5-15(16)28-9-29-18/h3-6,26H,2,7-9H2,1H3/t21-/m0/s1. The third kappa shape index (κ3) is 1.94. The van der Waals surface area contributed by atoms with Crippen molar-refractivity contribution in [3.8, 4) is 22.9 Å². The van der Waals surface area contributed by atoms with Crippen molar-refractivity contribution in [2.75, 3.05) is 6.79 Å². The lowest BCUT2D eigenvalue weighted by molar-refractivity contribution is -0.172. The summed E-state index contributed by atoms with van der Waals surface area (Å²) in [5, 5.41) is 11.7. The maximum absolute atomic E-state index is 13.2. The molecule has 0 aliphatic carbocycles. The maximum Gasteiger partial charge on any atom is 0.343 e. The molecule has 1 aromatic carbocycles. The highest BCUT2D eigenvalue weighted by atomic mass is 16.7. The van der Waals surface area contributed by atoms with Crippen LogP contribution in [0.25, 0.3) is 22.3 Å². The Morgan fingerprint density at radius 3 is 2.90 bits per heavy atom. The average Bonchev–Trinajstić information content (AvgIpc) is 3.11. The third-order valence-electron chi connectivity index (χ3n) is 6.04. The number of pyridine rings is 2. The molecule has 2 aromatic heterocycles. The van der Waals surface area contributed by atoms with Crippen molar-refractivity contribution in [2.45, 2.75) is 32.1 Å². The van der Waals surface area contributed by atoms with Crippen LogP contribution in [0.5, 0.6) is 11.5 Å². The predicted molar refractivity (Wildman–Crippen MR) is 101 cm³/mol. The highest BCUT2D eigenvalue weighted by molar-refractivity contribution is 5.96. The lowest BCUT2D eigenvalue weighted by Gasteiger charge is -2.31. The Bertz CT molecular complexity index is 1310. The maximum atomic E-state index is 13.2. The van der Waals surface area contributed by atoms with Gasteiger partial charge in [0, 0.05) is 11.1 Å².